The van der Waals surface area contributed by atoms with Gasteiger partial charge in [0.05, 0.1) is 18.0 Å². The quantitative estimate of drug-likeness (QED) is 0.470. The highest BCUT2D eigenvalue weighted by molar-refractivity contribution is 5.75. The lowest BCUT2D eigenvalue weighted by atomic mass is 10.0. The molecule has 0 unspecified atom stereocenters. The first-order valence-corrected chi connectivity index (χ1v) is 5.55. The van der Waals surface area contributed by atoms with Crippen molar-refractivity contribution in [1.82, 2.24) is 0 Å². The van der Waals surface area contributed by atoms with Gasteiger partial charge in [0, 0.05) is 11.1 Å². The molecule has 0 atom stereocenters. The van der Waals surface area contributed by atoms with Crippen LogP contribution in [0, 0.1) is 21.4 Å². The SMILES string of the molecule is CCOC(=O)Cc1cc(C(F)F)cc(C#N)c1[N+](=O)[O-]. The van der Waals surface area contributed by atoms with Crippen LogP contribution in [0.2, 0.25) is 0 Å². The van der Waals surface area contributed by atoms with Crippen molar-refractivity contribution >= 4 is 11.7 Å². The Hall–Kier alpha value is -2.56. The fourth-order valence-electron chi connectivity index (χ4n) is 1.65. The molecule has 0 fully saturated rings. The van der Waals surface area contributed by atoms with Crippen LogP contribution in [0.25, 0.3) is 0 Å². The van der Waals surface area contributed by atoms with E-state index in [-0.39, 0.29) is 12.2 Å². The monoisotopic (exact) mass is 284 g/mol. The fraction of sp³-hybridized carbons (Fsp3) is 0.333. The number of esters is 1. The van der Waals surface area contributed by atoms with Crippen molar-refractivity contribution in [2.24, 2.45) is 0 Å². The Morgan fingerprint density at radius 1 is 1.55 bits per heavy atom. The van der Waals surface area contributed by atoms with Crippen LogP contribution in [-0.2, 0) is 16.0 Å². The van der Waals surface area contributed by atoms with Crippen molar-refractivity contribution in [3.05, 3.63) is 38.9 Å². The summed E-state index contributed by atoms with van der Waals surface area (Å²) in [5, 5.41) is 19.8. The van der Waals surface area contributed by atoms with Gasteiger partial charge < -0.3 is 4.74 Å². The third-order valence-electron chi connectivity index (χ3n) is 2.41. The molecule has 0 N–H and O–H groups in total. The van der Waals surface area contributed by atoms with Crippen LogP contribution in [0.3, 0.4) is 0 Å². The number of carbonyl (C=O) groups excluding carboxylic acids is 1. The van der Waals surface area contributed by atoms with Gasteiger partial charge in [-0.3, -0.25) is 14.9 Å². The van der Waals surface area contributed by atoms with Crippen molar-refractivity contribution in [3.8, 4) is 6.07 Å². The lowest BCUT2D eigenvalue weighted by Crippen LogP contribution is -2.10. The second-order valence-electron chi connectivity index (χ2n) is 3.73. The molecule has 0 saturated carbocycles. The van der Waals surface area contributed by atoms with Crippen molar-refractivity contribution in [2.75, 3.05) is 6.61 Å². The molecule has 0 spiro atoms. The van der Waals surface area contributed by atoms with Crippen LogP contribution in [0.15, 0.2) is 12.1 Å². The molecule has 0 radical (unpaired) electrons. The van der Waals surface area contributed by atoms with E-state index in [1.807, 2.05) is 0 Å². The molecular weight excluding hydrogens is 274 g/mol. The summed E-state index contributed by atoms with van der Waals surface area (Å²) in [6, 6.07) is 3.09. The van der Waals surface area contributed by atoms with E-state index < -0.39 is 40.6 Å². The first-order chi connectivity index (χ1) is 9.40. The van der Waals surface area contributed by atoms with Gasteiger partial charge in [0.25, 0.3) is 12.1 Å². The Balaban J connectivity index is 3.37. The topological polar surface area (TPSA) is 93.2 Å². The number of rotatable bonds is 5. The zero-order valence-electron chi connectivity index (χ0n) is 10.4. The van der Waals surface area contributed by atoms with E-state index >= 15 is 0 Å². The zero-order valence-corrected chi connectivity index (χ0v) is 10.4. The van der Waals surface area contributed by atoms with E-state index in [1.54, 1.807) is 6.92 Å². The van der Waals surface area contributed by atoms with E-state index in [2.05, 4.69) is 4.74 Å². The Morgan fingerprint density at radius 3 is 2.65 bits per heavy atom. The minimum absolute atomic E-state index is 0.0618. The van der Waals surface area contributed by atoms with E-state index in [0.29, 0.717) is 0 Å². The van der Waals surface area contributed by atoms with Crippen molar-refractivity contribution < 1.29 is 23.2 Å². The average Bonchev–Trinajstić information content (AvgIpc) is 2.37. The number of nitro groups is 1. The number of halogens is 2. The van der Waals surface area contributed by atoms with E-state index in [1.165, 1.54) is 6.07 Å². The Morgan fingerprint density at radius 2 is 2.20 bits per heavy atom. The lowest BCUT2D eigenvalue weighted by Gasteiger charge is -2.07. The molecule has 0 aliphatic rings. The lowest BCUT2D eigenvalue weighted by molar-refractivity contribution is -0.385. The summed E-state index contributed by atoms with van der Waals surface area (Å²) in [7, 11) is 0. The number of ether oxygens (including phenoxy) is 1. The van der Waals surface area contributed by atoms with Crippen LogP contribution in [0.4, 0.5) is 14.5 Å². The largest absolute Gasteiger partial charge is 0.466 e. The number of hydrogen-bond donors (Lipinski definition) is 0. The van der Waals surface area contributed by atoms with E-state index in [4.69, 9.17) is 5.26 Å². The third kappa shape index (κ3) is 3.47. The Bertz CT molecular complexity index is 582. The molecule has 0 saturated heterocycles. The molecule has 1 rings (SSSR count). The van der Waals surface area contributed by atoms with Gasteiger partial charge in [-0.05, 0) is 19.1 Å². The summed E-state index contributed by atoms with van der Waals surface area (Å²) < 4.78 is 30.0. The van der Waals surface area contributed by atoms with E-state index in [9.17, 15) is 23.7 Å². The van der Waals surface area contributed by atoms with E-state index in [0.717, 1.165) is 12.1 Å². The first kappa shape index (κ1) is 15.5. The number of carbonyl (C=O) groups is 1. The summed E-state index contributed by atoms with van der Waals surface area (Å²) in [6.07, 6.45) is -3.44. The van der Waals surface area contributed by atoms with Gasteiger partial charge in [-0.1, -0.05) is 0 Å². The number of hydrogen-bond acceptors (Lipinski definition) is 5. The minimum Gasteiger partial charge on any atom is -0.466 e. The molecule has 8 heteroatoms. The first-order valence-electron chi connectivity index (χ1n) is 5.55. The molecule has 1 aromatic carbocycles. The van der Waals surface area contributed by atoms with Crippen molar-refractivity contribution in [2.45, 2.75) is 19.8 Å². The maximum absolute atomic E-state index is 12.7. The summed E-state index contributed by atoms with van der Waals surface area (Å²) >= 11 is 0. The molecule has 0 bridgehead atoms. The molecule has 0 heterocycles. The molecule has 0 aliphatic carbocycles. The molecule has 106 valence electrons. The predicted molar refractivity (Wildman–Crippen MR) is 63.1 cm³/mol. The standard InChI is InChI=1S/C12H10F2N2O4/c1-2-20-10(17)5-7-3-8(12(13)14)4-9(6-15)11(7)16(18)19/h3-4,12H,2,5H2,1H3. The number of nitriles is 1. The molecule has 0 aromatic heterocycles. The average molecular weight is 284 g/mol. The molecule has 1 aromatic rings. The van der Waals surface area contributed by atoms with Crippen LogP contribution < -0.4 is 0 Å². The minimum atomic E-state index is -2.90. The highest BCUT2D eigenvalue weighted by atomic mass is 19.3. The van der Waals surface area contributed by atoms with Gasteiger partial charge in [-0.2, -0.15) is 5.26 Å². The molecule has 6 nitrogen and oxygen atoms in total. The number of nitro benzene ring substituents is 1. The molecular formula is C12H10F2N2O4. The summed E-state index contributed by atoms with van der Waals surface area (Å²) in [4.78, 5) is 21.4. The maximum atomic E-state index is 12.7. The number of alkyl halides is 2. The second kappa shape index (κ2) is 6.56. The van der Waals surface area contributed by atoms with Gasteiger partial charge in [-0.15, -0.1) is 0 Å². The van der Waals surface area contributed by atoms with Gasteiger partial charge >= 0.3 is 5.97 Å². The summed E-state index contributed by atoms with van der Waals surface area (Å²) in [5.74, 6) is -0.786. The van der Waals surface area contributed by atoms with Crippen LogP contribution in [0.5, 0.6) is 0 Å². The smallest absolute Gasteiger partial charge is 0.310 e. The second-order valence-corrected chi connectivity index (χ2v) is 3.73. The summed E-state index contributed by atoms with van der Waals surface area (Å²) in [5.41, 5.74) is -1.97. The number of nitrogens with zero attached hydrogens (tertiary/aromatic N) is 2. The normalized spacial score (nSPS) is 10.2. The van der Waals surface area contributed by atoms with Crippen molar-refractivity contribution in [3.63, 3.8) is 0 Å². The van der Waals surface area contributed by atoms with Gasteiger partial charge in [0.2, 0.25) is 0 Å². The zero-order chi connectivity index (χ0) is 15.3. The highest BCUT2D eigenvalue weighted by Gasteiger charge is 2.25. The molecule has 0 aliphatic heterocycles. The number of benzene rings is 1. The van der Waals surface area contributed by atoms with Gasteiger partial charge in [-0.25, -0.2) is 8.78 Å². The van der Waals surface area contributed by atoms with Crippen LogP contribution >= 0.6 is 0 Å². The van der Waals surface area contributed by atoms with Gasteiger partial charge in [0.15, 0.2) is 0 Å². The fourth-order valence-corrected chi connectivity index (χ4v) is 1.65. The van der Waals surface area contributed by atoms with Crippen LogP contribution in [-0.4, -0.2) is 17.5 Å². The van der Waals surface area contributed by atoms with Gasteiger partial charge in [0.1, 0.15) is 11.6 Å². The Kier molecular flexibility index (Phi) is 5.08. The summed E-state index contributed by atoms with van der Waals surface area (Å²) in [6.45, 7) is 1.61. The van der Waals surface area contributed by atoms with Crippen molar-refractivity contribution in [1.29, 1.82) is 5.26 Å². The maximum Gasteiger partial charge on any atom is 0.310 e. The predicted octanol–water partition coefficient (Wildman–Crippen LogP) is 2.51. The Labute approximate surface area is 112 Å². The molecule has 20 heavy (non-hydrogen) atoms. The van der Waals surface area contributed by atoms with Crippen LogP contribution in [0.1, 0.15) is 30.0 Å². The molecule has 0 amide bonds. The highest BCUT2D eigenvalue weighted by Crippen LogP contribution is 2.30. The third-order valence-corrected chi connectivity index (χ3v) is 2.41.